The molecule has 4 nitrogen and oxygen atoms in total. The maximum absolute atomic E-state index is 12.7. The molecule has 0 unspecified atom stereocenters. The Morgan fingerprint density at radius 2 is 2.05 bits per heavy atom. The van der Waals surface area contributed by atoms with E-state index < -0.39 is 11.7 Å². The Bertz CT molecular complexity index is 685. The molecule has 116 valence electrons. The summed E-state index contributed by atoms with van der Waals surface area (Å²) in [6.07, 6.45) is -2.19. The molecule has 1 aliphatic heterocycles. The SMILES string of the molecule is Nc1ncnc2c1CCN(Cc1cccc(C(F)(F)F)c1)C2. The smallest absolute Gasteiger partial charge is 0.383 e. The van der Waals surface area contributed by atoms with E-state index in [1.165, 1.54) is 18.5 Å². The van der Waals surface area contributed by atoms with Gasteiger partial charge < -0.3 is 5.73 Å². The maximum Gasteiger partial charge on any atom is 0.416 e. The van der Waals surface area contributed by atoms with E-state index >= 15 is 0 Å². The third-order valence-corrected chi connectivity index (χ3v) is 3.78. The summed E-state index contributed by atoms with van der Waals surface area (Å²) in [5.41, 5.74) is 7.63. The zero-order chi connectivity index (χ0) is 15.7. The third kappa shape index (κ3) is 3.04. The van der Waals surface area contributed by atoms with Gasteiger partial charge in [0.05, 0.1) is 11.3 Å². The average molecular weight is 308 g/mol. The minimum absolute atomic E-state index is 0.452. The van der Waals surface area contributed by atoms with Gasteiger partial charge in [0.15, 0.2) is 0 Å². The van der Waals surface area contributed by atoms with Crippen molar-refractivity contribution in [3.63, 3.8) is 0 Å². The molecule has 0 fully saturated rings. The molecule has 3 rings (SSSR count). The quantitative estimate of drug-likeness (QED) is 0.926. The van der Waals surface area contributed by atoms with Crippen LogP contribution >= 0.6 is 0 Å². The highest BCUT2D eigenvalue weighted by Crippen LogP contribution is 2.30. The molecule has 2 aromatic rings. The number of rotatable bonds is 2. The molecule has 1 aromatic heterocycles. The van der Waals surface area contributed by atoms with Crippen molar-refractivity contribution in [2.24, 2.45) is 0 Å². The van der Waals surface area contributed by atoms with Crippen LogP contribution in [-0.4, -0.2) is 21.4 Å². The number of anilines is 1. The number of hydrogen-bond acceptors (Lipinski definition) is 4. The van der Waals surface area contributed by atoms with Gasteiger partial charge in [-0.3, -0.25) is 4.90 Å². The zero-order valence-electron chi connectivity index (χ0n) is 11.8. The lowest BCUT2D eigenvalue weighted by molar-refractivity contribution is -0.137. The van der Waals surface area contributed by atoms with E-state index in [1.807, 2.05) is 0 Å². The minimum Gasteiger partial charge on any atom is -0.383 e. The van der Waals surface area contributed by atoms with Crippen molar-refractivity contribution in [2.45, 2.75) is 25.7 Å². The first-order chi connectivity index (χ1) is 10.4. The van der Waals surface area contributed by atoms with Gasteiger partial charge >= 0.3 is 6.18 Å². The van der Waals surface area contributed by atoms with Crippen LogP contribution < -0.4 is 5.73 Å². The van der Waals surface area contributed by atoms with Crippen LogP contribution in [-0.2, 0) is 25.7 Å². The molecule has 0 amide bonds. The predicted octanol–water partition coefficient (Wildman–Crippen LogP) is 2.64. The summed E-state index contributed by atoms with van der Waals surface area (Å²) in [4.78, 5) is 10.2. The van der Waals surface area contributed by atoms with Gasteiger partial charge in [-0.15, -0.1) is 0 Å². The summed E-state index contributed by atoms with van der Waals surface area (Å²) in [7, 11) is 0. The van der Waals surface area contributed by atoms with E-state index in [1.54, 1.807) is 6.07 Å². The molecule has 0 radical (unpaired) electrons. The number of nitrogens with zero attached hydrogens (tertiary/aromatic N) is 3. The van der Waals surface area contributed by atoms with Gasteiger partial charge in [0.2, 0.25) is 0 Å². The Kier molecular flexibility index (Phi) is 3.74. The average Bonchev–Trinajstić information content (AvgIpc) is 2.47. The molecule has 2 heterocycles. The second kappa shape index (κ2) is 5.57. The fourth-order valence-electron chi connectivity index (χ4n) is 2.67. The van der Waals surface area contributed by atoms with Crippen molar-refractivity contribution in [3.8, 4) is 0 Å². The van der Waals surface area contributed by atoms with E-state index in [-0.39, 0.29) is 0 Å². The number of aromatic nitrogens is 2. The molecule has 0 saturated heterocycles. The van der Waals surface area contributed by atoms with E-state index in [2.05, 4.69) is 14.9 Å². The molecule has 7 heteroatoms. The number of hydrogen-bond donors (Lipinski definition) is 1. The standard InChI is InChI=1S/C15H15F3N4/c16-15(17,18)11-3-1-2-10(6-11)7-22-5-4-12-13(8-22)20-9-21-14(12)19/h1-3,6,9H,4-5,7-8H2,(H2,19,20,21). The normalized spacial score (nSPS) is 15.6. The molecule has 0 spiro atoms. The van der Waals surface area contributed by atoms with Gasteiger partial charge in [-0.25, -0.2) is 9.97 Å². The van der Waals surface area contributed by atoms with Gasteiger partial charge in [-0.1, -0.05) is 18.2 Å². The van der Waals surface area contributed by atoms with Crippen molar-refractivity contribution in [3.05, 3.63) is 53.0 Å². The minimum atomic E-state index is -4.31. The lowest BCUT2D eigenvalue weighted by Gasteiger charge is -2.28. The number of fused-ring (bicyclic) bond motifs is 1. The zero-order valence-corrected chi connectivity index (χ0v) is 11.8. The molecule has 1 aromatic carbocycles. The van der Waals surface area contributed by atoms with Crippen LogP contribution in [0.3, 0.4) is 0 Å². The highest BCUT2D eigenvalue weighted by molar-refractivity contribution is 5.42. The lowest BCUT2D eigenvalue weighted by atomic mass is 10.0. The second-order valence-corrected chi connectivity index (χ2v) is 5.34. The third-order valence-electron chi connectivity index (χ3n) is 3.78. The Morgan fingerprint density at radius 3 is 2.82 bits per heavy atom. The number of nitrogens with two attached hydrogens (primary N) is 1. The Morgan fingerprint density at radius 1 is 1.23 bits per heavy atom. The lowest BCUT2D eigenvalue weighted by Crippen LogP contribution is -2.31. The van der Waals surface area contributed by atoms with Crippen LogP contribution in [0.4, 0.5) is 19.0 Å². The molecular weight excluding hydrogens is 293 g/mol. The van der Waals surface area contributed by atoms with Crippen molar-refractivity contribution in [2.75, 3.05) is 12.3 Å². The largest absolute Gasteiger partial charge is 0.416 e. The van der Waals surface area contributed by atoms with Crippen molar-refractivity contribution < 1.29 is 13.2 Å². The van der Waals surface area contributed by atoms with E-state index in [9.17, 15) is 13.2 Å². The number of nitrogen functional groups attached to an aromatic ring is 1. The molecule has 2 N–H and O–H groups in total. The van der Waals surface area contributed by atoms with Gasteiger partial charge in [0.1, 0.15) is 12.1 Å². The first-order valence-electron chi connectivity index (χ1n) is 6.90. The van der Waals surface area contributed by atoms with Gasteiger partial charge in [-0.05, 0) is 18.1 Å². The van der Waals surface area contributed by atoms with Crippen LogP contribution in [0.25, 0.3) is 0 Å². The topological polar surface area (TPSA) is 55.0 Å². The van der Waals surface area contributed by atoms with Gasteiger partial charge in [0.25, 0.3) is 0 Å². The Hall–Kier alpha value is -2.15. The summed E-state index contributed by atoms with van der Waals surface area (Å²) in [6.45, 7) is 1.74. The van der Waals surface area contributed by atoms with E-state index in [4.69, 9.17) is 5.73 Å². The summed E-state index contributed by atoms with van der Waals surface area (Å²) < 4.78 is 38.2. The van der Waals surface area contributed by atoms with Crippen molar-refractivity contribution >= 4 is 5.82 Å². The fourth-order valence-corrected chi connectivity index (χ4v) is 2.67. The number of benzene rings is 1. The van der Waals surface area contributed by atoms with Crippen LogP contribution in [0.15, 0.2) is 30.6 Å². The number of halogens is 3. The van der Waals surface area contributed by atoms with Crippen molar-refractivity contribution in [1.29, 1.82) is 0 Å². The van der Waals surface area contributed by atoms with Gasteiger partial charge in [-0.2, -0.15) is 13.2 Å². The van der Waals surface area contributed by atoms with Crippen LogP contribution in [0.1, 0.15) is 22.4 Å². The highest BCUT2D eigenvalue weighted by atomic mass is 19.4. The first kappa shape index (κ1) is 14.8. The van der Waals surface area contributed by atoms with Crippen LogP contribution in [0.5, 0.6) is 0 Å². The predicted molar refractivity (Wildman–Crippen MR) is 75.7 cm³/mol. The Balaban J connectivity index is 1.75. The van der Waals surface area contributed by atoms with E-state index in [0.29, 0.717) is 30.9 Å². The molecule has 0 atom stereocenters. The molecule has 0 bridgehead atoms. The fraction of sp³-hybridized carbons (Fsp3) is 0.333. The second-order valence-electron chi connectivity index (χ2n) is 5.34. The van der Waals surface area contributed by atoms with E-state index in [0.717, 1.165) is 23.9 Å². The molecule has 22 heavy (non-hydrogen) atoms. The summed E-state index contributed by atoms with van der Waals surface area (Å²) in [5, 5.41) is 0. The molecule has 0 saturated carbocycles. The highest BCUT2D eigenvalue weighted by Gasteiger charge is 2.30. The molecular formula is C15H15F3N4. The maximum atomic E-state index is 12.7. The van der Waals surface area contributed by atoms with Crippen LogP contribution in [0.2, 0.25) is 0 Å². The first-order valence-corrected chi connectivity index (χ1v) is 6.90. The number of alkyl halides is 3. The van der Waals surface area contributed by atoms with Crippen molar-refractivity contribution in [1.82, 2.24) is 14.9 Å². The van der Waals surface area contributed by atoms with Crippen LogP contribution in [0, 0.1) is 0 Å². The molecule has 1 aliphatic rings. The molecule has 0 aliphatic carbocycles. The van der Waals surface area contributed by atoms with Gasteiger partial charge in [0, 0.05) is 25.2 Å². The summed E-state index contributed by atoms with van der Waals surface area (Å²) in [5.74, 6) is 0.490. The summed E-state index contributed by atoms with van der Waals surface area (Å²) in [6, 6.07) is 5.43. The summed E-state index contributed by atoms with van der Waals surface area (Å²) >= 11 is 0. The monoisotopic (exact) mass is 308 g/mol. The Labute approximate surface area is 125 Å².